The fourth-order valence-electron chi connectivity index (χ4n) is 2.67. The summed E-state index contributed by atoms with van der Waals surface area (Å²) in [5.74, 6) is -1.10. The predicted molar refractivity (Wildman–Crippen MR) is 76.2 cm³/mol. The fourth-order valence-corrected chi connectivity index (χ4v) is 3.03. The Morgan fingerprint density at radius 2 is 1.86 bits per heavy atom. The standard InChI is InChI=1S/C14H15BrF3NO2/c15-9-4-5-11(10(8-9)14(16,17)18)19-13(12(20)21)6-2-1-3-7-13/h4-5,8,19H,1-3,6-7H2,(H,20,21). The van der Waals surface area contributed by atoms with Gasteiger partial charge in [-0.2, -0.15) is 13.2 Å². The molecule has 1 aliphatic rings. The van der Waals surface area contributed by atoms with Gasteiger partial charge in [-0.3, -0.25) is 0 Å². The molecule has 0 atom stereocenters. The van der Waals surface area contributed by atoms with Crippen molar-refractivity contribution in [2.24, 2.45) is 0 Å². The van der Waals surface area contributed by atoms with Gasteiger partial charge in [-0.1, -0.05) is 35.2 Å². The Kier molecular flexibility index (Phi) is 4.51. The van der Waals surface area contributed by atoms with Crippen molar-refractivity contribution >= 4 is 27.6 Å². The minimum Gasteiger partial charge on any atom is -0.480 e. The van der Waals surface area contributed by atoms with Crippen LogP contribution in [0.25, 0.3) is 0 Å². The summed E-state index contributed by atoms with van der Waals surface area (Å²) in [6, 6.07) is 3.70. The zero-order valence-electron chi connectivity index (χ0n) is 11.1. The van der Waals surface area contributed by atoms with Crippen LogP contribution in [0.3, 0.4) is 0 Å². The molecule has 1 saturated carbocycles. The van der Waals surface area contributed by atoms with E-state index in [9.17, 15) is 23.1 Å². The molecule has 116 valence electrons. The number of nitrogens with one attached hydrogen (secondary N) is 1. The highest BCUT2D eigenvalue weighted by Crippen LogP contribution is 2.40. The van der Waals surface area contributed by atoms with Crippen molar-refractivity contribution in [2.45, 2.75) is 43.8 Å². The lowest BCUT2D eigenvalue weighted by molar-refractivity contribution is -0.144. The van der Waals surface area contributed by atoms with E-state index in [-0.39, 0.29) is 5.69 Å². The summed E-state index contributed by atoms with van der Waals surface area (Å²) >= 11 is 3.01. The maximum Gasteiger partial charge on any atom is 0.418 e. The molecule has 1 fully saturated rings. The molecule has 0 aliphatic heterocycles. The maximum absolute atomic E-state index is 13.1. The third kappa shape index (κ3) is 3.51. The number of aliphatic carboxylic acids is 1. The highest BCUT2D eigenvalue weighted by molar-refractivity contribution is 9.10. The Balaban J connectivity index is 2.40. The number of carbonyl (C=O) groups is 1. The van der Waals surface area contributed by atoms with Crippen molar-refractivity contribution in [3.63, 3.8) is 0 Å². The highest BCUT2D eigenvalue weighted by Gasteiger charge is 2.42. The molecule has 1 aromatic carbocycles. The van der Waals surface area contributed by atoms with Crippen molar-refractivity contribution < 1.29 is 23.1 Å². The molecule has 1 aromatic rings. The van der Waals surface area contributed by atoms with Crippen LogP contribution >= 0.6 is 15.9 Å². The first-order valence-electron chi connectivity index (χ1n) is 6.63. The Hall–Kier alpha value is -1.24. The lowest BCUT2D eigenvalue weighted by atomic mass is 9.81. The van der Waals surface area contributed by atoms with Gasteiger partial charge >= 0.3 is 12.1 Å². The van der Waals surface area contributed by atoms with Crippen LogP contribution in [0.1, 0.15) is 37.7 Å². The average Bonchev–Trinajstić information content (AvgIpc) is 2.40. The Morgan fingerprint density at radius 3 is 2.38 bits per heavy atom. The third-order valence-electron chi connectivity index (χ3n) is 3.78. The van der Waals surface area contributed by atoms with Crippen molar-refractivity contribution in [3.05, 3.63) is 28.2 Å². The first-order chi connectivity index (χ1) is 9.74. The number of hydrogen-bond donors (Lipinski definition) is 2. The fraction of sp³-hybridized carbons (Fsp3) is 0.500. The first kappa shape index (κ1) is 16.1. The number of benzene rings is 1. The maximum atomic E-state index is 13.1. The van der Waals surface area contributed by atoms with Crippen molar-refractivity contribution in [3.8, 4) is 0 Å². The highest BCUT2D eigenvalue weighted by atomic mass is 79.9. The number of hydrogen-bond acceptors (Lipinski definition) is 2. The molecule has 0 spiro atoms. The van der Waals surface area contributed by atoms with Crippen LogP contribution in [0, 0.1) is 0 Å². The van der Waals surface area contributed by atoms with Gasteiger partial charge in [0.25, 0.3) is 0 Å². The second-order valence-corrected chi connectivity index (χ2v) is 6.18. The van der Waals surface area contributed by atoms with Crippen LogP contribution in [0.4, 0.5) is 18.9 Å². The van der Waals surface area contributed by atoms with E-state index in [1.165, 1.54) is 12.1 Å². The van der Waals surface area contributed by atoms with Crippen LogP contribution < -0.4 is 5.32 Å². The average molecular weight is 366 g/mol. The van der Waals surface area contributed by atoms with E-state index in [4.69, 9.17) is 0 Å². The van der Waals surface area contributed by atoms with E-state index in [0.717, 1.165) is 12.5 Å². The zero-order valence-corrected chi connectivity index (χ0v) is 12.7. The van der Waals surface area contributed by atoms with Gasteiger partial charge in [0.2, 0.25) is 0 Å². The number of anilines is 1. The van der Waals surface area contributed by atoms with Gasteiger partial charge in [-0.05, 0) is 31.0 Å². The second kappa shape index (κ2) is 5.87. The molecule has 0 aromatic heterocycles. The largest absolute Gasteiger partial charge is 0.480 e. The quantitative estimate of drug-likeness (QED) is 0.818. The monoisotopic (exact) mass is 365 g/mol. The van der Waals surface area contributed by atoms with E-state index in [2.05, 4.69) is 21.2 Å². The molecule has 0 heterocycles. The molecule has 2 rings (SSSR count). The minimum absolute atomic E-state index is 0.185. The van der Waals surface area contributed by atoms with Crippen LogP contribution in [0.15, 0.2) is 22.7 Å². The molecule has 0 radical (unpaired) electrons. The molecule has 7 heteroatoms. The molecule has 0 unspecified atom stereocenters. The van der Waals surface area contributed by atoms with Gasteiger partial charge in [-0.15, -0.1) is 0 Å². The Morgan fingerprint density at radius 1 is 1.24 bits per heavy atom. The summed E-state index contributed by atoms with van der Waals surface area (Å²) in [6.07, 6.45) is -1.59. The molecule has 1 aliphatic carbocycles. The van der Waals surface area contributed by atoms with Crippen LogP contribution in [0.2, 0.25) is 0 Å². The number of carboxylic acids is 1. The second-order valence-electron chi connectivity index (χ2n) is 5.26. The summed E-state index contributed by atoms with van der Waals surface area (Å²) in [5, 5.41) is 12.1. The lowest BCUT2D eigenvalue weighted by Crippen LogP contribution is -2.48. The molecule has 0 bridgehead atoms. The number of rotatable bonds is 3. The van der Waals surface area contributed by atoms with Gasteiger partial charge in [0.15, 0.2) is 0 Å². The van der Waals surface area contributed by atoms with E-state index in [0.29, 0.717) is 30.2 Å². The Bertz CT molecular complexity index is 540. The number of carboxylic acid groups (broad SMARTS) is 1. The smallest absolute Gasteiger partial charge is 0.418 e. The molecule has 21 heavy (non-hydrogen) atoms. The van der Waals surface area contributed by atoms with Crippen molar-refractivity contribution in [1.82, 2.24) is 0 Å². The van der Waals surface area contributed by atoms with Crippen LogP contribution in [0.5, 0.6) is 0 Å². The van der Waals surface area contributed by atoms with Gasteiger partial charge in [0.05, 0.1) is 5.56 Å². The Labute approximate surface area is 128 Å². The van der Waals surface area contributed by atoms with Gasteiger partial charge in [-0.25, -0.2) is 4.79 Å². The first-order valence-corrected chi connectivity index (χ1v) is 7.42. The molecular weight excluding hydrogens is 351 g/mol. The van der Waals surface area contributed by atoms with E-state index < -0.39 is 23.2 Å². The minimum atomic E-state index is -4.54. The topological polar surface area (TPSA) is 49.3 Å². The zero-order chi connectivity index (χ0) is 15.7. The molecule has 0 amide bonds. The van der Waals surface area contributed by atoms with Gasteiger partial charge in [0, 0.05) is 10.2 Å². The van der Waals surface area contributed by atoms with E-state index in [1.807, 2.05) is 0 Å². The SMILES string of the molecule is O=C(O)C1(Nc2ccc(Br)cc2C(F)(F)F)CCCCC1. The van der Waals surface area contributed by atoms with Crippen LogP contribution in [-0.2, 0) is 11.0 Å². The van der Waals surface area contributed by atoms with Crippen molar-refractivity contribution in [2.75, 3.05) is 5.32 Å². The molecular formula is C14H15BrF3NO2. The van der Waals surface area contributed by atoms with Gasteiger partial charge < -0.3 is 10.4 Å². The van der Waals surface area contributed by atoms with E-state index >= 15 is 0 Å². The summed E-state index contributed by atoms with van der Waals surface area (Å²) in [7, 11) is 0. The van der Waals surface area contributed by atoms with E-state index in [1.54, 1.807) is 0 Å². The predicted octanol–water partition coefficient (Wildman–Crippen LogP) is 4.67. The molecule has 0 saturated heterocycles. The normalized spacial score (nSPS) is 18.3. The summed E-state index contributed by atoms with van der Waals surface area (Å²) < 4.78 is 39.6. The lowest BCUT2D eigenvalue weighted by Gasteiger charge is -2.35. The molecule has 2 N–H and O–H groups in total. The summed E-state index contributed by atoms with van der Waals surface area (Å²) in [4.78, 5) is 11.6. The summed E-state index contributed by atoms with van der Waals surface area (Å²) in [5.41, 5.74) is -2.36. The number of halogens is 4. The van der Waals surface area contributed by atoms with Gasteiger partial charge in [0.1, 0.15) is 5.54 Å². The van der Waals surface area contributed by atoms with Crippen LogP contribution in [-0.4, -0.2) is 16.6 Å². The number of alkyl halides is 3. The van der Waals surface area contributed by atoms with Crippen molar-refractivity contribution in [1.29, 1.82) is 0 Å². The molecule has 3 nitrogen and oxygen atoms in total. The third-order valence-corrected chi connectivity index (χ3v) is 4.27. The summed E-state index contributed by atoms with van der Waals surface area (Å²) in [6.45, 7) is 0.